The minimum Gasteiger partial charge on any atom is -0.756 e. The van der Waals surface area contributed by atoms with E-state index in [0.717, 1.165) is 51.4 Å². The molecule has 0 spiro atoms. The van der Waals surface area contributed by atoms with Gasteiger partial charge >= 0.3 is 5.97 Å². The summed E-state index contributed by atoms with van der Waals surface area (Å²) in [5.41, 5.74) is 0. The first-order valence-electron chi connectivity index (χ1n) is 24.2. The second-order valence-electron chi connectivity index (χ2n) is 17.5. The normalized spacial score (nSPS) is 14.0. The second-order valence-corrected chi connectivity index (χ2v) is 18.9. The van der Waals surface area contributed by atoms with Crippen LogP contribution in [0.3, 0.4) is 0 Å². The van der Waals surface area contributed by atoms with E-state index in [1.54, 1.807) is 0 Å². The highest BCUT2D eigenvalue weighted by atomic mass is 31.2. The third-order valence-electron chi connectivity index (χ3n) is 10.4. The van der Waals surface area contributed by atoms with Gasteiger partial charge in [0.1, 0.15) is 19.3 Å². The van der Waals surface area contributed by atoms with E-state index in [1.165, 1.54) is 141 Å². The molecule has 0 radical (unpaired) electrons. The van der Waals surface area contributed by atoms with Gasteiger partial charge in [0.25, 0.3) is 7.82 Å². The van der Waals surface area contributed by atoms with Gasteiger partial charge < -0.3 is 27.9 Å². The zero-order valence-corrected chi connectivity index (χ0v) is 39.6. The number of hydrogen-bond donors (Lipinski definition) is 0. The molecule has 8 nitrogen and oxygen atoms in total. The SMILES string of the molecule is CCCCC/C=C\C/C=C\CCCCCCCCCCCCOCC(COP(=O)([O-])OCC[N+](C)(C)C)OC(=O)CCCCCCC/C=C\CCCCCCCCC. The van der Waals surface area contributed by atoms with Crippen molar-refractivity contribution in [2.24, 2.45) is 0 Å². The van der Waals surface area contributed by atoms with E-state index in [2.05, 4.69) is 50.3 Å². The Balaban J connectivity index is 4.18. The van der Waals surface area contributed by atoms with Crippen molar-refractivity contribution in [2.45, 2.75) is 219 Å². The lowest BCUT2D eigenvalue weighted by Crippen LogP contribution is -2.37. The monoisotopic (exact) mass is 840 g/mol. The van der Waals surface area contributed by atoms with Gasteiger partial charge in [-0.2, -0.15) is 0 Å². The Bertz CT molecular complexity index is 1020. The summed E-state index contributed by atoms with van der Waals surface area (Å²) in [5.74, 6) is -0.342. The van der Waals surface area contributed by atoms with E-state index in [0.29, 0.717) is 24.1 Å². The van der Waals surface area contributed by atoms with Crippen molar-refractivity contribution in [1.82, 2.24) is 0 Å². The maximum Gasteiger partial charge on any atom is 0.306 e. The molecular weight excluding hydrogens is 746 g/mol. The lowest BCUT2D eigenvalue weighted by Gasteiger charge is -2.28. The number of carbonyl (C=O) groups excluding carboxylic acids is 1. The average Bonchev–Trinajstić information content (AvgIpc) is 3.18. The Morgan fingerprint density at radius 1 is 0.534 bits per heavy atom. The van der Waals surface area contributed by atoms with E-state index < -0.39 is 13.9 Å². The molecule has 2 unspecified atom stereocenters. The zero-order chi connectivity index (χ0) is 42.7. The molecule has 0 N–H and O–H groups in total. The Kier molecular flexibility index (Phi) is 41.5. The third-order valence-corrected chi connectivity index (χ3v) is 11.4. The predicted octanol–water partition coefficient (Wildman–Crippen LogP) is 13.9. The Morgan fingerprint density at radius 3 is 1.45 bits per heavy atom. The van der Waals surface area contributed by atoms with Crippen molar-refractivity contribution in [3.8, 4) is 0 Å². The van der Waals surface area contributed by atoms with Gasteiger partial charge in [0, 0.05) is 13.0 Å². The van der Waals surface area contributed by atoms with Crippen molar-refractivity contribution in [2.75, 3.05) is 54.1 Å². The first-order chi connectivity index (χ1) is 28.1. The number of hydrogen-bond acceptors (Lipinski definition) is 7. The van der Waals surface area contributed by atoms with Crippen molar-refractivity contribution in [3.63, 3.8) is 0 Å². The predicted molar refractivity (Wildman–Crippen MR) is 245 cm³/mol. The Labute approximate surface area is 359 Å². The molecular formula is C49H94NO7P. The largest absolute Gasteiger partial charge is 0.756 e. The van der Waals surface area contributed by atoms with Crippen LogP contribution in [0, 0.1) is 0 Å². The third kappa shape index (κ3) is 45.8. The van der Waals surface area contributed by atoms with Gasteiger partial charge in [0.05, 0.1) is 34.4 Å². The zero-order valence-electron chi connectivity index (χ0n) is 38.7. The van der Waals surface area contributed by atoms with Gasteiger partial charge in [-0.15, -0.1) is 0 Å². The number of esters is 1. The second kappa shape index (κ2) is 42.4. The highest BCUT2D eigenvalue weighted by Gasteiger charge is 2.20. The van der Waals surface area contributed by atoms with Gasteiger partial charge in [0.2, 0.25) is 0 Å². The fourth-order valence-corrected chi connectivity index (χ4v) is 7.36. The van der Waals surface area contributed by atoms with Crippen LogP contribution >= 0.6 is 7.82 Å². The molecule has 0 rings (SSSR count). The van der Waals surface area contributed by atoms with Crippen molar-refractivity contribution in [3.05, 3.63) is 36.5 Å². The molecule has 0 saturated carbocycles. The standard InChI is InChI=1S/C49H94NO7P/c1-6-8-10-12-14-16-18-20-22-24-25-26-27-29-31-33-35-37-39-41-44-54-46-48(47-56-58(52,53)55-45-43-50(3,4)5)57-49(51)42-40-38-36-34-32-30-28-23-21-19-17-15-13-11-9-7-2/h14,16,20,22-23,28,48H,6-13,15,17-19,21,24-27,29-47H2,1-5H3/b16-14-,22-20-,28-23-. The van der Waals surface area contributed by atoms with E-state index in [9.17, 15) is 14.3 Å². The number of quaternary nitrogens is 1. The number of rotatable bonds is 45. The summed E-state index contributed by atoms with van der Waals surface area (Å²) in [7, 11) is 1.35. The first kappa shape index (κ1) is 56.7. The minimum absolute atomic E-state index is 0.0242. The summed E-state index contributed by atoms with van der Waals surface area (Å²) < 4.78 is 34.7. The van der Waals surface area contributed by atoms with Gasteiger partial charge in [-0.3, -0.25) is 9.36 Å². The van der Waals surface area contributed by atoms with Gasteiger partial charge in [0.15, 0.2) is 0 Å². The Morgan fingerprint density at radius 2 is 0.948 bits per heavy atom. The number of allylic oxidation sites excluding steroid dienone is 6. The molecule has 0 aromatic heterocycles. The quantitative estimate of drug-likeness (QED) is 0.0198. The molecule has 58 heavy (non-hydrogen) atoms. The molecule has 0 aromatic carbocycles. The highest BCUT2D eigenvalue weighted by Crippen LogP contribution is 2.38. The summed E-state index contributed by atoms with van der Waals surface area (Å²) in [6.07, 6.45) is 50.1. The maximum absolute atomic E-state index is 12.7. The molecule has 0 saturated heterocycles. The fraction of sp³-hybridized carbons (Fsp3) is 0.857. The van der Waals surface area contributed by atoms with Gasteiger partial charge in [-0.25, -0.2) is 0 Å². The molecule has 9 heteroatoms. The lowest BCUT2D eigenvalue weighted by atomic mass is 10.1. The van der Waals surface area contributed by atoms with Crippen molar-refractivity contribution in [1.29, 1.82) is 0 Å². The van der Waals surface area contributed by atoms with Crippen LogP contribution in [0.15, 0.2) is 36.5 Å². The number of ether oxygens (including phenoxy) is 2. The van der Waals surface area contributed by atoms with E-state index >= 15 is 0 Å². The summed E-state index contributed by atoms with van der Waals surface area (Å²) >= 11 is 0. The molecule has 0 aliphatic carbocycles. The number of likely N-dealkylation sites (N-methyl/N-ethyl adjacent to an activating group) is 1. The number of carbonyl (C=O) groups is 1. The molecule has 0 fully saturated rings. The molecule has 0 aliphatic heterocycles. The van der Waals surface area contributed by atoms with Crippen LogP contribution in [0.2, 0.25) is 0 Å². The van der Waals surface area contributed by atoms with Crippen LogP contribution < -0.4 is 4.89 Å². The average molecular weight is 840 g/mol. The highest BCUT2D eigenvalue weighted by molar-refractivity contribution is 7.45. The van der Waals surface area contributed by atoms with Crippen LogP contribution in [0.25, 0.3) is 0 Å². The topological polar surface area (TPSA) is 94.1 Å². The molecule has 342 valence electrons. The van der Waals surface area contributed by atoms with Gasteiger partial charge in [-0.1, -0.05) is 172 Å². The van der Waals surface area contributed by atoms with Crippen LogP contribution in [0.1, 0.15) is 213 Å². The van der Waals surface area contributed by atoms with Crippen LogP contribution in [0.5, 0.6) is 0 Å². The minimum atomic E-state index is -4.53. The molecule has 0 aliphatic rings. The van der Waals surface area contributed by atoms with Crippen molar-refractivity contribution < 1.29 is 37.3 Å². The molecule has 0 aromatic rings. The first-order valence-corrected chi connectivity index (χ1v) is 25.7. The molecule has 0 amide bonds. The van der Waals surface area contributed by atoms with Gasteiger partial charge in [-0.05, 0) is 70.6 Å². The number of unbranched alkanes of at least 4 members (excludes halogenated alkanes) is 25. The van der Waals surface area contributed by atoms with E-state index in [-0.39, 0.29) is 25.8 Å². The molecule has 0 heterocycles. The lowest BCUT2D eigenvalue weighted by molar-refractivity contribution is -0.870. The maximum atomic E-state index is 12.7. The fourth-order valence-electron chi connectivity index (χ4n) is 6.63. The Hall–Kier alpha value is -1.28. The summed E-state index contributed by atoms with van der Waals surface area (Å²) in [6, 6.07) is 0. The summed E-state index contributed by atoms with van der Waals surface area (Å²) in [6.45, 7) is 5.39. The molecule has 2 atom stereocenters. The van der Waals surface area contributed by atoms with Crippen LogP contribution in [0.4, 0.5) is 0 Å². The summed E-state index contributed by atoms with van der Waals surface area (Å²) in [5, 5.41) is 0. The number of phosphoric ester groups is 1. The van der Waals surface area contributed by atoms with Crippen molar-refractivity contribution >= 4 is 13.8 Å². The van der Waals surface area contributed by atoms with Crippen LogP contribution in [-0.4, -0.2) is 70.7 Å². The smallest absolute Gasteiger partial charge is 0.306 e. The van der Waals surface area contributed by atoms with Crippen LogP contribution in [-0.2, 0) is 27.9 Å². The molecule has 0 bridgehead atoms. The van der Waals surface area contributed by atoms with E-state index in [1.807, 2.05) is 21.1 Å². The number of phosphoric acid groups is 1. The summed E-state index contributed by atoms with van der Waals surface area (Å²) in [4.78, 5) is 25.1. The number of nitrogens with zero attached hydrogens (tertiary/aromatic N) is 1. The van der Waals surface area contributed by atoms with E-state index in [4.69, 9.17) is 18.5 Å².